The number of hydrogen-bond donors (Lipinski definition) is 2. The molecule has 0 saturated carbocycles. The van der Waals surface area contributed by atoms with Gasteiger partial charge in [-0.15, -0.1) is 23.1 Å². The first kappa shape index (κ1) is 18.5. The number of aromatic nitrogens is 1. The van der Waals surface area contributed by atoms with Crippen LogP contribution in [-0.2, 0) is 9.59 Å². The minimum atomic E-state index is -0.0775. The second-order valence-electron chi connectivity index (χ2n) is 5.31. The highest BCUT2D eigenvalue weighted by Gasteiger charge is 2.07. The van der Waals surface area contributed by atoms with Crippen LogP contribution in [0.3, 0.4) is 0 Å². The fourth-order valence-corrected chi connectivity index (χ4v) is 3.31. The van der Waals surface area contributed by atoms with E-state index in [0.717, 1.165) is 29.1 Å². The van der Waals surface area contributed by atoms with Gasteiger partial charge in [-0.3, -0.25) is 9.59 Å². The van der Waals surface area contributed by atoms with Gasteiger partial charge in [-0.1, -0.05) is 13.3 Å². The van der Waals surface area contributed by atoms with Gasteiger partial charge in [0.1, 0.15) is 0 Å². The number of anilines is 2. The van der Waals surface area contributed by atoms with Crippen LogP contribution in [0.25, 0.3) is 0 Å². The Morgan fingerprint density at radius 3 is 2.54 bits per heavy atom. The molecule has 2 rings (SSSR count). The SMILES string of the molecule is CCCCC(=O)Nc1ccc(SCC(=O)Nc2nc(C)cs2)cc1. The Morgan fingerprint density at radius 2 is 1.92 bits per heavy atom. The van der Waals surface area contributed by atoms with Crippen LogP contribution in [0.4, 0.5) is 10.8 Å². The summed E-state index contributed by atoms with van der Waals surface area (Å²) in [6.07, 6.45) is 2.45. The van der Waals surface area contributed by atoms with Crippen molar-refractivity contribution in [3.05, 3.63) is 35.3 Å². The fourth-order valence-electron chi connectivity index (χ4n) is 1.91. The monoisotopic (exact) mass is 363 g/mol. The van der Waals surface area contributed by atoms with E-state index in [1.54, 1.807) is 0 Å². The summed E-state index contributed by atoms with van der Waals surface area (Å²) in [5.74, 6) is 0.280. The summed E-state index contributed by atoms with van der Waals surface area (Å²) in [5.41, 5.74) is 1.68. The van der Waals surface area contributed by atoms with E-state index < -0.39 is 0 Å². The molecular formula is C17H21N3O2S2. The molecule has 0 radical (unpaired) electrons. The maximum absolute atomic E-state index is 11.9. The zero-order chi connectivity index (χ0) is 17.4. The molecule has 5 nitrogen and oxygen atoms in total. The number of hydrogen-bond acceptors (Lipinski definition) is 5. The number of thiazole rings is 1. The zero-order valence-corrected chi connectivity index (χ0v) is 15.4. The van der Waals surface area contributed by atoms with E-state index in [1.165, 1.54) is 23.1 Å². The third kappa shape index (κ3) is 6.33. The van der Waals surface area contributed by atoms with Crippen molar-refractivity contribution < 1.29 is 9.59 Å². The van der Waals surface area contributed by atoms with Crippen LogP contribution >= 0.6 is 23.1 Å². The van der Waals surface area contributed by atoms with Crippen LogP contribution in [-0.4, -0.2) is 22.6 Å². The summed E-state index contributed by atoms with van der Waals surface area (Å²) in [5, 5.41) is 8.18. The summed E-state index contributed by atoms with van der Waals surface area (Å²) in [6.45, 7) is 3.95. The van der Waals surface area contributed by atoms with Crippen molar-refractivity contribution in [3.8, 4) is 0 Å². The number of rotatable bonds is 8. The standard InChI is InChI=1S/C17H21N3O2S2/c1-3-4-5-15(21)19-13-6-8-14(9-7-13)23-11-16(22)20-17-18-12(2)10-24-17/h6-10H,3-5,11H2,1-2H3,(H,19,21)(H,18,20,22). The molecule has 1 heterocycles. The molecule has 0 unspecified atom stereocenters. The number of unbranched alkanes of at least 4 members (excludes halogenated alkanes) is 1. The van der Waals surface area contributed by atoms with Gasteiger partial charge in [0.15, 0.2) is 5.13 Å². The Hall–Kier alpha value is -1.86. The van der Waals surface area contributed by atoms with E-state index in [4.69, 9.17) is 0 Å². The second-order valence-corrected chi connectivity index (χ2v) is 7.21. The Balaban J connectivity index is 1.77. The smallest absolute Gasteiger partial charge is 0.236 e. The molecule has 0 saturated heterocycles. The van der Waals surface area contributed by atoms with Gasteiger partial charge < -0.3 is 10.6 Å². The van der Waals surface area contributed by atoms with E-state index in [9.17, 15) is 9.59 Å². The summed E-state index contributed by atoms with van der Waals surface area (Å²) in [6, 6.07) is 7.52. The number of nitrogens with one attached hydrogen (secondary N) is 2. The molecule has 0 aliphatic rings. The highest BCUT2D eigenvalue weighted by Crippen LogP contribution is 2.21. The van der Waals surface area contributed by atoms with Crippen LogP contribution in [0.15, 0.2) is 34.5 Å². The Bertz CT molecular complexity index is 683. The number of carbonyl (C=O) groups is 2. The maximum atomic E-state index is 11.9. The van der Waals surface area contributed by atoms with Gasteiger partial charge in [0.25, 0.3) is 0 Å². The number of nitrogens with zero attached hydrogens (tertiary/aromatic N) is 1. The number of aryl methyl sites for hydroxylation is 1. The highest BCUT2D eigenvalue weighted by molar-refractivity contribution is 8.00. The average Bonchev–Trinajstić information content (AvgIpc) is 2.97. The third-order valence-corrected chi connectivity index (χ3v) is 5.02. The molecule has 7 heteroatoms. The lowest BCUT2D eigenvalue weighted by molar-refractivity contribution is -0.116. The van der Waals surface area contributed by atoms with E-state index in [2.05, 4.69) is 22.5 Å². The lowest BCUT2D eigenvalue weighted by atomic mass is 10.2. The van der Waals surface area contributed by atoms with E-state index in [-0.39, 0.29) is 11.8 Å². The summed E-state index contributed by atoms with van der Waals surface area (Å²) < 4.78 is 0. The largest absolute Gasteiger partial charge is 0.326 e. The number of thioether (sulfide) groups is 1. The first-order valence-corrected chi connectivity index (χ1v) is 9.68. The molecule has 0 fully saturated rings. The van der Waals surface area contributed by atoms with Gasteiger partial charge in [-0.2, -0.15) is 0 Å². The minimum absolute atomic E-state index is 0.0374. The highest BCUT2D eigenvalue weighted by atomic mass is 32.2. The van der Waals surface area contributed by atoms with E-state index in [1.807, 2.05) is 36.6 Å². The molecule has 24 heavy (non-hydrogen) atoms. The van der Waals surface area contributed by atoms with Gasteiger partial charge in [0.05, 0.1) is 11.4 Å². The molecule has 128 valence electrons. The van der Waals surface area contributed by atoms with E-state index >= 15 is 0 Å². The van der Waals surface area contributed by atoms with Crippen LogP contribution in [0.2, 0.25) is 0 Å². The molecule has 2 aromatic rings. The van der Waals surface area contributed by atoms with Crippen molar-refractivity contribution in [2.75, 3.05) is 16.4 Å². The van der Waals surface area contributed by atoms with Crippen molar-refractivity contribution in [1.29, 1.82) is 0 Å². The summed E-state index contributed by atoms with van der Waals surface area (Å²) >= 11 is 2.87. The minimum Gasteiger partial charge on any atom is -0.326 e. The fraction of sp³-hybridized carbons (Fsp3) is 0.353. The van der Waals surface area contributed by atoms with Gasteiger partial charge in [-0.25, -0.2) is 4.98 Å². The molecule has 2 N–H and O–H groups in total. The molecule has 0 aliphatic carbocycles. The van der Waals surface area contributed by atoms with Gasteiger partial charge in [-0.05, 0) is 37.6 Å². The van der Waals surface area contributed by atoms with Crippen molar-refractivity contribution in [3.63, 3.8) is 0 Å². The predicted octanol–water partition coefficient (Wildman–Crippen LogP) is 4.31. The van der Waals surface area contributed by atoms with Crippen LogP contribution in [0.5, 0.6) is 0 Å². The topological polar surface area (TPSA) is 71.1 Å². The van der Waals surface area contributed by atoms with Gasteiger partial charge >= 0.3 is 0 Å². The molecule has 0 atom stereocenters. The maximum Gasteiger partial charge on any atom is 0.236 e. The predicted molar refractivity (Wildman–Crippen MR) is 101 cm³/mol. The van der Waals surface area contributed by atoms with Gasteiger partial charge in [0, 0.05) is 22.4 Å². The Kier molecular flexibility index (Phi) is 7.27. The first-order valence-electron chi connectivity index (χ1n) is 7.81. The lowest BCUT2D eigenvalue weighted by Crippen LogP contribution is -2.13. The molecule has 0 bridgehead atoms. The molecule has 2 amide bonds. The molecule has 1 aromatic carbocycles. The number of amides is 2. The molecule has 0 aliphatic heterocycles. The Morgan fingerprint density at radius 1 is 1.17 bits per heavy atom. The molecule has 1 aromatic heterocycles. The van der Waals surface area contributed by atoms with E-state index in [0.29, 0.717) is 17.3 Å². The molecule has 0 spiro atoms. The van der Waals surface area contributed by atoms with Crippen LogP contribution in [0, 0.1) is 6.92 Å². The van der Waals surface area contributed by atoms with Crippen LogP contribution < -0.4 is 10.6 Å². The van der Waals surface area contributed by atoms with Gasteiger partial charge in [0.2, 0.25) is 11.8 Å². The zero-order valence-electron chi connectivity index (χ0n) is 13.8. The van der Waals surface area contributed by atoms with Crippen molar-refractivity contribution in [2.24, 2.45) is 0 Å². The first-order chi connectivity index (χ1) is 11.6. The lowest BCUT2D eigenvalue weighted by Gasteiger charge is -2.06. The van der Waals surface area contributed by atoms with Crippen molar-refractivity contribution in [2.45, 2.75) is 38.0 Å². The Labute approximate surface area is 150 Å². The number of carbonyl (C=O) groups excluding carboxylic acids is 2. The van der Waals surface area contributed by atoms with Crippen LogP contribution in [0.1, 0.15) is 31.9 Å². The quantitative estimate of drug-likeness (QED) is 0.686. The third-order valence-electron chi connectivity index (χ3n) is 3.13. The number of benzene rings is 1. The second kappa shape index (κ2) is 9.44. The summed E-state index contributed by atoms with van der Waals surface area (Å²) in [7, 11) is 0. The van der Waals surface area contributed by atoms with Crippen molar-refractivity contribution in [1.82, 2.24) is 4.98 Å². The average molecular weight is 364 g/mol. The molecular weight excluding hydrogens is 342 g/mol. The van der Waals surface area contributed by atoms with Crippen molar-refractivity contribution >= 4 is 45.7 Å². The normalized spacial score (nSPS) is 10.4. The summed E-state index contributed by atoms with van der Waals surface area (Å²) in [4.78, 5) is 28.7.